The molecule has 1 aliphatic carbocycles. The van der Waals surface area contributed by atoms with E-state index in [1.165, 1.54) is 63.6 Å². The molecule has 5 rings (SSSR count). The molecule has 1 spiro atoms. The second-order valence-corrected chi connectivity index (χ2v) is 10.3. The Morgan fingerprint density at radius 3 is 2.44 bits per heavy atom. The molecule has 2 heterocycles. The Labute approximate surface area is 192 Å². The first kappa shape index (κ1) is 21.5. The molecule has 0 aromatic heterocycles. The summed E-state index contributed by atoms with van der Waals surface area (Å²) in [6.07, 6.45) is 10.4. The molecule has 3 fully saturated rings. The number of aryl methyl sites for hydroxylation is 1. The predicted octanol–water partition coefficient (Wildman–Crippen LogP) is 5.32. The molecule has 0 unspecified atom stereocenters. The fourth-order valence-electron chi connectivity index (χ4n) is 6.57. The maximum atomic E-state index is 11.3. The highest BCUT2D eigenvalue weighted by atomic mass is 16.1. The Bertz CT molecular complexity index is 937. The van der Waals surface area contributed by atoms with Gasteiger partial charge in [0.05, 0.1) is 0 Å². The van der Waals surface area contributed by atoms with E-state index in [1.54, 1.807) is 11.1 Å². The first-order valence-electron chi connectivity index (χ1n) is 12.6. The molecular formula is C28H37N3O. The molecule has 1 amide bonds. The maximum Gasteiger partial charge on any atom is 0.248 e. The van der Waals surface area contributed by atoms with Crippen molar-refractivity contribution in [2.75, 3.05) is 24.5 Å². The number of likely N-dealkylation sites (tertiary alicyclic amines) is 1. The SMILES string of the molecule is CCCc1ccccc1[C@@H]1CCCN1C1CC2(CCN(c3ccc(C(N)=O)cc3)CC2)C1. The summed E-state index contributed by atoms with van der Waals surface area (Å²) < 4.78 is 0. The van der Waals surface area contributed by atoms with E-state index >= 15 is 0 Å². The summed E-state index contributed by atoms with van der Waals surface area (Å²) in [5.74, 6) is -0.354. The number of rotatable bonds is 6. The third-order valence-corrected chi connectivity index (χ3v) is 8.38. The molecule has 1 saturated carbocycles. The van der Waals surface area contributed by atoms with Gasteiger partial charge in [0.25, 0.3) is 0 Å². The lowest BCUT2D eigenvalue weighted by Crippen LogP contribution is -2.54. The number of hydrogen-bond acceptors (Lipinski definition) is 3. The van der Waals surface area contributed by atoms with Crippen LogP contribution in [0, 0.1) is 5.41 Å². The van der Waals surface area contributed by atoms with Crippen molar-refractivity contribution in [3.05, 3.63) is 65.2 Å². The number of nitrogens with zero attached hydrogens (tertiary/aromatic N) is 2. The number of carbonyl (C=O) groups excluding carboxylic acids is 1. The molecule has 2 N–H and O–H groups in total. The Morgan fingerprint density at radius 2 is 1.75 bits per heavy atom. The van der Waals surface area contributed by atoms with Gasteiger partial charge < -0.3 is 10.6 Å². The molecule has 3 aliphatic rings. The summed E-state index contributed by atoms with van der Waals surface area (Å²) in [5.41, 5.74) is 10.9. The Hall–Kier alpha value is -2.33. The molecular weight excluding hydrogens is 394 g/mol. The van der Waals surface area contributed by atoms with Gasteiger partial charge >= 0.3 is 0 Å². The third-order valence-electron chi connectivity index (χ3n) is 8.38. The molecule has 2 aromatic rings. The van der Waals surface area contributed by atoms with Crippen LogP contribution < -0.4 is 10.6 Å². The number of anilines is 1. The van der Waals surface area contributed by atoms with Crippen molar-refractivity contribution in [2.45, 2.75) is 70.4 Å². The average molecular weight is 432 g/mol. The standard InChI is InChI=1S/C28H37N3O/c1-2-6-21-7-3-4-8-25(21)26-9-5-16-31(26)24-19-28(20-24)14-17-30(18-15-28)23-12-10-22(11-13-23)27(29)32/h3-4,7-8,10-13,24,26H,2,5-6,9,14-20H2,1H3,(H2,29,32)/t26-/m0/s1. The van der Waals surface area contributed by atoms with Gasteiger partial charge in [0.2, 0.25) is 5.91 Å². The van der Waals surface area contributed by atoms with E-state index in [0.717, 1.165) is 19.1 Å². The Morgan fingerprint density at radius 1 is 1.03 bits per heavy atom. The second-order valence-electron chi connectivity index (χ2n) is 10.3. The Kier molecular flexibility index (Phi) is 5.98. The molecule has 4 heteroatoms. The molecule has 2 aliphatic heterocycles. The van der Waals surface area contributed by atoms with Crippen LogP contribution in [0.5, 0.6) is 0 Å². The number of carbonyl (C=O) groups is 1. The van der Waals surface area contributed by atoms with Crippen LogP contribution >= 0.6 is 0 Å². The van der Waals surface area contributed by atoms with Crippen LogP contribution in [0.2, 0.25) is 0 Å². The number of hydrogen-bond donors (Lipinski definition) is 1. The van der Waals surface area contributed by atoms with E-state index in [2.05, 4.69) is 41.0 Å². The molecule has 0 bridgehead atoms. The van der Waals surface area contributed by atoms with Crippen LogP contribution in [0.3, 0.4) is 0 Å². The van der Waals surface area contributed by atoms with Gasteiger partial charge in [0.15, 0.2) is 0 Å². The van der Waals surface area contributed by atoms with Crippen molar-refractivity contribution in [3.63, 3.8) is 0 Å². The fraction of sp³-hybridized carbons (Fsp3) is 0.536. The monoisotopic (exact) mass is 431 g/mol. The van der Waals surface area contributed by atoms with Gasteiger partial charge in [0.1, 0.15) is 0 Å². The third kappa shape index (κ3) is 4.05. The van der Waals surface area contributed by atoms with Crippen LogP contribution in [0.1, 0.15) is 79.4 Å². The van der Waals surface area contributed by atoms with Gasteiger partial charge in [-0.05, 0) is 92.3 Å². The summed E-state index contributed by atoms with van der Waals surface area (Å²) in [6, 6.07) is 18.4. The van der Waals surface area contributed by atoms with Gasteiger partial charge in [-0.1, -0.05) is 37.6 Å². The van der Waals surface area contributed by atoms with Crippen molar-refractivity contribution in [1.82, 2.24) is 4.90 Å². The molecule has 2 aromatic carbocycles. The van der Waals surface area contributed by atoms with E-state index in [0.29, 0.717) is 17.0 Å². The van der Waals surface area contributed by atoms with Crippen LogP contribution in [-0.2, 0) is 6.42 Å². The summed E-state index contributed by atoms with van der Waals surface area (Å²) >= 11 is 0. The normalized spacial score (nSPS) is 23.4. The largest absolute Gasteiger partial charge is 0.371 e. The van der Waals surface area contributed by atoms with E-state index < -0.39 is 0 Å². The fourth-order valence-corrected chi connectivity index (χ4v) is 6.57. The summed E-state index contributed by atoms with van der Waals surface area (Å²) in [5, 5.41) is 0. The minimum Gasteiger partial charge on any atom is -0.371 e. The van der Waals surface area contributed by atoms with Gasteiger partial charge in [-0.25, -0.2) is 0 Å². The second kappa shape index (κ2) is 8.90. The van der Waals surface area contributed by atoms with Crippen molar-refractivity contribution >= 4 is 11.6 Å². The first-order valence-corrected chi connectivity index (χ1v) is 12.6. The van der Waals surface area contributed by atoms with Crippen molar-refractivity contribution in [1.29, 1.82) is 0 Å². The van der Waals surface area contributed by atoms with Crippen LogP contribution in [0.25, 0.3) is 0 Å². The van der Waals surface area contributed by atoms with Crippen LogP contribution in [-0.4, -0.2) is 36.5 Å². The van der Waals surface area contributed by atoms with Crippen molar-refractivity contribution in [3.8, 4) is 0 Å². The molecule has 2 saturated heterocycles. The minimum absolute atomic E-state index is 0.354. The smallest absolute Gasteiger partial charge is 0.248 e. The number of amides is 1. The highest BCUT2D eigenvalue weighted by Crippen LogP contribution is 2.54. The number of piperidine rings is 1. The predicted molar refractivity (Wildman–Crippen MR) is 131 cm³/mol. The van der Waals surface area contributed by atoms with Crippen molar-refractivity contribution < 1.29 is 4.79 Å². The number of nitrogens with two attached hydrogens (primary N) is 1. The van der Waals surface area contributed by atoms with Gasteiger partial charge in [-0.15, -0.1) is 0 Å². The molecule has 32 heavy (non-hydrogen) atoms. The van der Waals surface area contributed by atoms with E-state index in [9.17, 15) is 4.79 Å². The van der Waals surface area contributed by atoms with Gasteiger partial charge in [-0.3, -0.25) is 9.69 Å². The quantitative estimate of drug-likeness (QED) is 0.673. The lowest BCUT2D eigenvalue weighted by atomic mass is 9.59. The lowest BCUT2D eigenvalue weighted by Gasteiger charge is -2.56. The maximum absolute atomic E-state index is 11.3. The molecule has 1 atom stereocenters. The van der Waals surface area contributed by atoms with E-state index in [-0.39, 0.29) is 5.91 Å². The van der Waals surface area contributed by atoms with Gasteiger partial charge in [0, 0.05) is 36.4 Å². The highest BCUT2D eigenvalue weighted by Gasteiger charge is 2.49. The summed E-state index contributed by atoms with van der Waals surface area (Å²) in [7, 11) is 0. The highest BCUT2D eigenvalue weighted by molar-refractivity contribution is 5.93. The number of primary amides is 1. The zero-order valence-corrected chi connectivity index (χ0v) is 19.4. The topological polar surface area (TPSA) is 49.6 Å². The number of benzene rings is 2. The van der Waals surface area contributed by atoms with E-state index in [1.807, 2.05) is 24.3 Å². The molecule has 4 nitrogen and oxygen atoms in total. The van der Waals surface area contributed by atoms with Gasteiger partial charge in [-0.2, -0.15) is 0 Å². The Balaban J connectivity index is 1.19. The first-order chi connectivity index (χ1) is 15.6. The summed E-state index contributed by atoms with van der Waals surface area (Å²) in [6.45, 7) is 5.79. The van der Waals surface area contributed by atoms with Crippen LogP contribution in [0.15, 0.2) is 48.5 Å². The lowest BCUT2D eigenvalue weighted by molar-refractivity contribution is -0.0227. The zero-order valence-electron chi connectivity index (χ0n) is 19.4. The summed E-state index contributed by atoms with van der Waals surface area (Å²) in [4.78, 5) is 16.7. The van der Waals surface area contributed by atoms with E-state index in [4.69, 9.17) is 5.73 Å². The average Bonchev–Trinajstić information content (AvgIpc) is 3.27. The molecule has 170 valence electrons. The minimum atomic E-state index is -0.354. The van der Waals surface area contributed by atoms with Crippen molar-refractivity contribution in [2.24, 2.45) is 11.1 Å². The zero-order chi connectivity index (χ0) is 22.1. The molecule has 0 radical (unpaired) electrons. The van der Waals surface area contributed by atoms with Crippen LogP contribution in [0.4, 0.5) is 5.69 Å².